The van der Waals surface area contributed by atoms with Gasteiger partial charge in [-0.3, -0.25) is 4.79 Å². The molecule has 7 heteroatoms. The zero-order chi connectivity index (χ0) is 14.8. The molecule has 0 aromatic heterocycles. The highest BCUT2D eigenvalue weighted by Gasteiger charge is 2.27. The van der Waals surface area contributed by atoms with Gasteiger partial charge in [0.15, 0.2) is 0 Å². The van der Waals surface area contributed by atoms with Crippen LogP contribution >= 0.6 is 11.8 Å². The molecule has 0 heterocycles. The van der Waals surface area contributed by atoms with Gasteiger partial charge in [0.2, 0.25) is 5.91 Å². The van der Waals surface area contributed by atoms with E-state index in [4.69, 9.17) is 0 Å². The topological polar surface area (TPSA) is 38.3 Å². The molecule has 1 aromatic rings. The van der Waals surface area contributed by atoms with Crippen molar-refractivity contribution < 1.29 is 22.7 Å². The molecule has 0 aliphatic carbocycles. The number of carbonyl (C=O) groups excluding carboxylic acids is 1. The molecule has 1 amide bonds. The van der Waals surface area contributed by atoms with Crippen LogP contribution in [0.2, 0.25) is 0 Å². The molecule has 3 nitrogen and oxygen atoms in total. The lowest BCUT2D eigenvalue weighted by Gasteiger charge is -2.08. The van der Waals surface area contributed by atoms with Crippen molar-refractivity contribution in [2.24, 2.45) is 0 Å². The van der Waals surface area contributed by atoms with Crippen LogP contribution in [0.5, 0.6) is 0 Å². The van der Waals surface area contributed by atoms with Crippen LogP contribution < -0.4 is 5.32 Å². The molecule has 1 N–H and O–H groups in total. The molecule has 112 valence electrons. The van der Waals surface area contributed by atoms with Crippen molar-refractivity contribution in [2.45, 2.75) is 17.5 Å². The van der Waals surface area contributed by atoms with E-state index >= 15 is 0 Å². The Labute approximate surface area is 119 Å². The van der Waals surface area contributed by atoms with E-state index in [2.05, 4.69) is 10.1 Å². The zero-order valence-electron chi connectivity index (χ0n) is 10.8. The molecule has 0 aliphatic rings. The molecule has 0 unspecified atom stereocenters. The summed E-state index contributed by atoms with van der Waals surface area (Å²) in [5.74, 6) is 0.403. The Hall–Kier alpha value is -1.21. The maximum Gasteiger partial charge on any atom is 0.411 e. The van der Waals surface area contributed by atoms with Crippen molar-refractivity contribution in [3.05, 3.63) is 30.3 Å². The molecule has 0 bridgehead atoms. The Kier molecular flexibility index (Phi) is 7.46. The third kappa shape index (κ3) is 8.82. The number of hydrogen-bond donors (Lipinski definition) is 1. The van der Waals surface area contributed by atoms with Crippen LogP contribution in [0.25, 0.3) is 0 Å². The van der Waals surface area contributed by atoms with E-state index in [9.17, 15) is 18.0 Å². The molecule has 1 rings (SSSR count). The van der Waals surface area contributed by atoms with E-state index in [1.807, 2.05) is 30.3 Å². The van der Waals surface area contributed by atoms with Crippen molar-refractivity contribution in [3.63, 3.8) is 0 Å². The van der Waals surface area contributed by atoms with Gasteiger partial charge in [-0.2, -0.15) is 13.2 Å². The minimum Gasteiger partial charge on any atom is -0.372 e. The Morgan fingerprint density at radius 3 is 2.60 bits per heavy atom. The number of hydrogen-bond acceptors (Lipinski definition) is 3. The largest absolute Gasteiger partial charge is 0.411 e. The summed E-state index contributed by atoms with van der Waals surface area (Å²) in [6.45, 7) is -1.07. The summed E-state index contributed by atoms with van der Waals surface area (Å²) in [6.07, 6.45) is -4.41. The van der Waals surface area contributed by atoms with E-state index in [0.29, 0.717) is 12.3 Å². The maximum absolute atomic E-state index is 11.8. The molecular weight excluding hydrogens is 291 g/mol. The lowest BCUT2D eigenvalue weighted by Crippen LogP contribution is -2.27. The number of amides is 1. The van der Waals surface area contributed by atoms with Crippen LogP contribution in [0.15, 0.2) is 35.2 Å². The third-order valence-corrected chi connectivity index (χ3v) is 3.19. The number of thioether (sulfide) groups is 1. The first-order valence-electron chi connectivity index (χ1n) is 6.06. The highest BCUT2D eigenvalue weighted by molar-refractivity contribution is 7.99. The summed E-state index contributed by atoms with van der Waals surface area (Å²) in [5, 5.41) is 2.63. The zero-order valence-corrected chi connectivity index (χ0v) is 11.6. The Morgan fingerprint density at radius 1 is 1.25 bits per heavy atom. The Balaban J connectivity index is 2.00. The molecule has 0 aliphatic heterocycles. The molecule has 0 spiro atoms. The van der Waals surface area contributed by atoms with Gasteiger partial charge < -0.3 is 10.1 Å². The van der Waals surface area contributed by atoms with E-state index < -0.39 is 12.8 Å². The van der Waals surface area contributed by atoms with E-state index in [1.165, 1.54) is 0 Å². The summed E-state index contributed by atoms with van der Waals surface area (Å²) < 4.78 is 39.6. The first kappa shape index (κ1) is 16.8. The minimum atomic E-state index is -4.34. The molecule has 0 radical (unpaired) electrons. The quantitative estimate of drug-likeness (QED) is 0.593. The van der Waals surface area contributed by atoms with E-state index in [0.717, 1.165) is 4.90 Å². The Bertz CT molecular complexity index is 398. The molecule has 20 heavy (non-hydrogen) atoms. The summed E-state index contributed by atoms with van der Waals surface area (Å²) in [6, 6.07) is 9.72. The molecule has 0 atom stereocenters. The molecule has 0 saturated heterocycles. The standard InChI is InChI=1S/C13H16F3NO2S/c14-13(15,16)10-19-8-6-12(18)17-7-9-20-11-4-2-1-3-5-11/h1-5H,6-10H2,(H,17,18). The van der Waals surface area contributed by atoms with Gasteiger partial charge in [0.05, 0.1) is 6.61 Å². The first-order valence-corrected chi connectivity index (χ1v) is 7.05. The van der Waals surface area contributed by atoms with Gasteiger partial charge in [-0.25, -0.2) is 0 Å². The second-order valence-corrected chi connectivity index (χ2v) is 5.10. The smallest absolute Gasteiger partial charge is 0.372 e. The first-order chi connectivity index (χ1) is 9.47. The number of rotatable bonds is 8. The van der Waals surface area contributed by atoms with Crippen molar-refractivity contribution in [1.82, 2.24) is 5.32 Å². The van der Waals surface area contributed by atoms with Gasteiger partial charge in [-0.15, -0.1) is 11.8 Å². The highest BCUT2D eigenvalue weighted by Crippen LogP contribution is 2.16. The van der Waals surface area contributed by atoms with Gasteiger partial charge in [0.25, 0.3) is 0 Å². The van der Waals surface area contributed by atoms with E-state index in [1.54, 1.807) is 11.8 Å². The number of halogens is 3. The predicted molar refractivity (Wildman–Crippen MR) is 71.7 cm³/mol. The second-order valence-electron chi connectivity index (χ2n) is 3.93. The number of alkyl halides is 3. The monoisotopic (exact) mass is 307 g/mol. The third-order valence-electron chi connectivity index (χ3n) is 2.18. The van der Waals surface area contributed by atoms with Crippen LogP contribution in [0.4, 0.5) is 13.2 Å². The van der Waals surface area contributed by atoms with Crippen molar-refractivity contribution in [2.75, 3.05) is 25.5 Å². The van der Waals surface area contributed by atoms with Crippen molar-refractivity contribution >= 4 is 17.7 Å². The summed E-state index contributed by atoms with van der Waals surface area (Å²) in [5.41, 5.74) is 0. The number of carbonyl (C=O) groups is 1. The molecule has 0 saturated carbocycles. The van der Waals surface area contributed by atoms with Crippen LogP contribution in [0, 0.1) is 0 Å². The predicted octanol–water partition coefficient (Wildman–Crippen LogP) is 2.86. The fraction of sp³-hybridized carbons (Fsp3) is 0.462. The average Bonchev–Trinajstić information content (AvgIpc) is 2.40. The van der Waals surface area contributed by atoms with Gasteiger partial charge in [0, 0.05) is 23.6 Å². The maximum atomic E-state index is 11.8. The van der Waals surface area contributed by atoms with Gasteiger partial charge in [0.1, 0.15) is 6.61 Å². The number of benzene rings is 1. The summed E-state index contributed by atoms with van der Waals surface area (Å²) in [7, 11) is 0. The van der Waals surface area contributed by atoms with Crippen LogP contribution in [0.3, 0.4) is 0 Å². The van der Waals surface area contributed by atoms with Crippen LogP contribution in [0.1, 0.15) is 6.42 Å². The number of ether oxygens (including phenoxy) is 1. The number of nitrogens with one attached hydrogen (secondary N) is 1. The second kappa shape index (κ2) is 8.86. The fourth-order valence-corrected chi connectivity index (χ4v) is 2.11. The lowest BCUT2D eigenvalue weighted by atomic mass is 10.4. The molecular formula is C13H16F3NO2S. The van der Waals surface area contributed by atoms with Gasteiger partial charge in [-0.1, -0.05) is 18.2 Å². The van der Waals surface area contributed by atoms with Gasteiger partial charge in [-0.05, 0) is 12.1 Å². The average molecular weight is 307 g/mol. The van der Waals surface area contributed by atoms with Crippen LogP contribution in [-0.4, -0.2) is 37.6 Å². The van der Waals surface area contributed by atoms with E-state index in [-0.39, 0.29) is 18.9 Å². The minimum absolute atomic E-state index is 0.0634. The highest BCUT2D eigenvalue weighted by atomic mass is 32.2. The molecule has 0 fully saturated rings. The Morgan fingerprint density at radius 2 is 1.95 bits per heavy atom. The van der Waals surface area contributed by atoms with Crippen LogP contribution in [-0.2, 0) is 9.53 Å². The normalized spacial score (nSPS) is 11.3. The summed E-state index contributed by atoms with van der Waals surface area (Å²) in [4.78, 5) is 12.4. The SMILES string of the molecule is O=C(CCOCC(F)(F)F)NCCSc1ccccc1. The fourth-order valence-electron chi connectivity index (χ4n) is 1.32. The van der Waals surface area contributed by atoms with Crippen molar-refractivity contribution in [3.8, 4) is 0 Å². The lowest BCUT2D eigenvalue weighted by molar-refractivity contribution is -0.174. The van der Waals surface area contributed by atoms with Gasteiger partial charge >= 0.3 is 6.18 Å². The summed E-state index contributed by atoms with van der Waals surface area (Å²) >= 11 is 1.60. The molecule has 1 aromatic carbocycles. The van der Waals surface area contributed by atoms with Crippen molar-refractivity contribution in [1.29, 1.82) is 0 Å².